The number of aromatic carboxylic acids is 1. The van der Waals surface area contributed by atoms with E-state index in [0.717, 1.165) is 31.5 Å². The van der Waals surface area contributed by atoms with E-state index in [9.17, 15) is 9.59 Å². The lowest BCUT2D eigenvalue weighted by Crippen LogP contribution is -2.46. The van der Waals surface area contributed by atoms with Crippen molar-refractivity contribution in [1.82, 2.24) is 25.2 Å². The summed E-state index contributed by atoms with van der Waals surface area (Å²) in [6, 6.07) is 6.42. The zero-order chi connectivity index (χ0) is 17.6. The number of nitrogens with one attached hydrogen (secondary N) is 1. The molecule has 1 fully saturated rings. The first-order valence-corrected chi connectivity index (χ1v) is 8.31. The number of urea groups is 1. The van der Waals surface area contributed by atoms with Gasteiger partial charge in [0.1, 0.15) is 0 Å². The van der Waals surface area contributed by atoms with Gasteiger partial charge in [0.05, 0.1) is 11.8 Å². The molecular weight excluding hydrogens is 322 g/mol. The van der Waals surface area contributed by atoms with Gasteiger partial charge in [0.2, 0.25) is 0 Å². The summed E-state index contributed by atoms with van der Waals surface area (Å²) in [7, 11) is 0. The molecule has 2 heterocycles. The van der Waals surface area contributed by atoms with Gasteiger partial charge in [0.15, 0.2) is 0 Å². The van der Waals surface area contributed by atoms with E-state index >= 15 is 0 Å². The maximum atomic E-state index is 12.4. The van der Waals surface area contributed by atoms with Crippen molar-refractivity contribution < 1.29 is 14.7 Å². The Morgan fingerprint density at radius 3 is 2.76 bits per heavy atom. The average Bonchev–Trinajstić information content (AvgIpc) is 3.13. The van der Waals surface area contributed by atoms with E-state index in [1.807, 2.05) is 11.1 Å². The van der Waals surface area contributed by atoms with Crippen molar-refractivity contribution in [3.05, 3.63) is 47.8 Å². The summed E-state index contributed by atoms with van der Waals surface area (Å²) < 4.78 is 1.80. The van der Waals surface area contributed by atoms with Crippen LogP contribution >= 0.6 is 0 Å². The van der Waals surface area contributed by atoms with Gasteiger partial charge in [0.25, 0.3) is 0 Å². The van der Waals surface area contributed by atoms with E-state index in [0.29, 0.717) is 19.0 Å². The Kier molecular flexibility index (Phi) is 5.27. The highest BCUT2D eigenvalue weighted by Crippen LogP contribution is 2.18. The van der Waals surface area contributed by atoms with Crippen LogP contribution in [-0.2, 0) is 13.1 Å². The first-order chi connectivity index (χ1) is 12.1. The lowest BCUT2D eigenvalue weighted by molar-refractivity contribution is 0.0697. The number of hydrogen-bond acceptors (Lipinski definition) is 4. The van der Waals surface area contributed by atoms with Crippen LogP contribution in [0.15, 0.2) is 36.7 Å². The molecule has 1 aromatic carbocycles. The van der Waals surface area contributed by atoms with Crippen LogP contribution in [0, 0.1) is 5.92 Å². The molecule has 1 aliphatic heterocycles. The lowest BCUT2D eigenvalue weighted by Gasteiger charge is -2.32. The number of carboxylic acid groups (broad SMARTS) is 1. The number of aromatic nitrogens is 3. The fraction of sp³-hybridized carbons (Fsp3) is 0.412. The Hall–Kier alpha value is -2.90. The van der Waals surface area contributed by atoms with Gasteiger partial charge in [-0.3, -0.25) is 4.68 Å². The number of carbonyl (C=O) groups excluding carboxylic acids is 1. The minimum atomic E-state index is -0.956. The summed E-state index contributed by atoms with van der Waals surface area (Å²) >= 11 is 0. The Morgan fingerprint density at radius 2 is 2.08 bits per heavy atom. The molecule has 0 radical (unpaired) electrons. The topological polar surface area (TPSA) is 100 Å². The SMILES string of the molecule is O=C(O)c1ccc(CNC(=O)N2CCCC(Cn3ccnn3)C2)cc1. The lowest BCUT2D eigenvalue weighted by atomic mass is 9.98. The van der Waals surface area contributed by atoms with E-state index in [4.69, 9.17) is 5.11 Å². The Bertz CT molecular complexity index is 714. The van der Waals surface area contributed by atoms with Gasteiger partial charge in [-0.15, -0.1) is 5.10 Å². The molecule has 132 valence electrons. The maximum Gasteiger partial charge on any atom is 0.335 e. The minimum Gasteiger partial charge on any atom is -0.478 e. The molecule has 8 heteroatoms. The van der Waals surface area contributed by atoms with Crippen molar-refractivity contribution in [1.29, 1.82) is 0 Å². The van der Waals surface area contributed by atoms with Gasteiger partial charge in [-0.05, 0) is 36.5 Å². The Balaban J connectivity index is 1.49. The quantitative estimate of drug-likeness (QED) is 0.859. The number of benzene rings is 1. The molecule has 1 aliphatic rings. The third kappa shape index (κ3) is 4.56. The molecule has 3 rings (SSSR count). The van der Waals surface area contributed by atoms with Crippen molar-refractivity contribution in [2.24, 2.45) is 5.92 Å². The van der Waals surface area contributed by atoms with Crippen LogP contribution in [0.2, 0.25) is 0 Å². The molecule has 8 nitrogen and oxygen atoms in total. The molecule has 1 aromatic heterocycles. The number of carbonyl (C=O) groups is 2. The van der Waals surface area contributed by atoms with Crippen LogP contribution in [0.25, 0.3) is 0 Å². The third-order valence-electron chi connectivity index (χ3n) is 4.37. The van der Waals surface area contributed by atoms with Gasteiger partial charge in [-0.2, -0.15) is 0 Å². The van der Waals surface area contributed by atoms with Gasteiger partial charge in [-0.1, -0.05) is 17.3 Å². The van der Waals surface area contributed by atoms with E-state index in [1.54, 1.807) is 35.1 Å². The fourth-order valence-electron chi connectivity index (χ4n) is 3.05. The Morgan fingerprint density at radius 1 is 1.28 bits per heavy atom. The van der Waals surface area contributed by atoms with Crippen molar-refractivity contribution in [3.8, 4) is 0 Å². The van der Waals surface area contributed by atoms with Crippen LogP contribution in [0.3, 0.4) is 0 Å². The number of amides is 2. The highest BCUT2D eigenvalue weighted by atomic mass is 16.4. The predicted molar refractivity (Wildman–Crippen MR) is 90.0 cm³/mol. The van der Waals surface area contributed by atoms with E-state index in [2.05, 4.69) is 15.6 Å². The van der Waals surface area contributed by atoms with Gasteiger partial charge in [-0.25, -0.2) is 9.59 Å². The molecular formula is C17H21N5O3. The first-order valence-electron chi connectivity index (χ1n) is 8.31. The molecule has 0 saturated carbocycles. The van der Waals surface area contributed by atoms with E-state index in [1.165, 1.54) is 0 Å². The highest BCUT2D eigenvalue weighted by Gasteiger charge is 2.24. The largest absolute Gasteiger partial charge is 0.478 e. The van der Waals surface area contributed by atoms with Gasteiger partial charge < -0.3 is 15.3 Å². The number of rotatable bonds is 5. The summed E-state index contributed by atoms with van der Waals surface area (Å²) in [5.41, 5.74) is 1.11. The fourth-order valence-corrected chi connectivity index (χ4v) is 3.05. The summed E-state index contributed by atoms with van der Waals surface area (Å²) in [4.78, 5) is 25.1. The average molecular weight is 343 g/mol. The number of carboxylic acids is 1. The molecule has 2 N–H and O–H groups in total. The van der Waals surface area contributed by atoms with Crippen molar-refractivity contribution in [2.75, 3.05) is 13.1 Å². The van der Waals surface area contributed by atoms with Gasteiger partial charge in [0, 0.05) is 32.4 Å². The Labute approximate surface area is 145 Å². The number of hydrogen-bond donors (Lipinski definition) is 2. The molecule has 0 aliphatic carbocycles. The van der Waals surface area contributed by atoms with Crippen molar-refractivity contribution in [3.63, 3.8) is 0 Å². The summed E-state index contributed by atoms with van der Waals surface area (Å²) in [5.74, 6) is -0.585. The standard InChI is InChI=1S/C17H21N5O3/c23-16(24)15-5-3-13(4-6-15)10-18-17(25)21-8-1-2-14(11-21)12-22-9-7-19-20-22/h3-7,9,14H,1-2,8,10-12H2,(H,18,25)(H,23,24). The maximum absolute atomic E-state index is 12.4. The second kappa shape index (κ2) is 7.78. The van der Waals surface area contributed by atoms with Crippen LogP contribution in [0.1, 0.15) is 28.8 Å². The zero-order valence-corrected chi connectivity index (χ0v) is 13.8. The van der Waals surface area contributed by atoms with E-state index in [-0.39, 0.29) is 11.6 Å². The highest BCUT2D eigenvalue weighted by molar-refractivity contribution is 5.87. The second-order valence-electron chi connectivity index (χ2n) is 6.24. The van der Waals surface area contributed by atoms with Gasteiger partial charge >= 0.3 is 12.0 Å². The summed E-state index contributed by atoms with van der Waals surface area (Å²) in [5, 5.41) is 19.6. The van der Waals surface area contributed by atoms with Crippen molar-refractivity contribution in [2.45, 2.75) is 25.9 Å². The molecule has 1 atom stereocenters. The van der Waals surface area contributed by atoms with Crippen molar-refractivity contribution >= 4 is 12.0 Å². The zero-order valence-electron chi connectivity index (χ0n) is 13.8. The number of likely N-dealkylation sites (tertiary alicyclic amines) is 1. The van der Waals surface area contributed by atoms with Crippen LogP contribution < -0.4 is 5.32 Å². The molecule has 0 spiro atoms. The smallest absolute Gasteiger partial charge is 0.335 e. The molecule has 2 amide bonds. The first kappa shape index (κ1) is 16.9. The number of piperidine rings is 1. The van der Waals surface area contributed by atoms with Crippen LogP contribution in [0.4, 0.5) is 4.79 Å². The third-order valence-corrected chi connectivity index (χ3v) is 4.37. The summed E-state index contributed by atoms with van der Waals surface area (Å²) in [6.45, 7) is 2.59. The predicted octanol–water partition coefficient (Wildman–Crippen LogP) is 1.60. The molecule has 25 heavy (non-hydrogen) atoms. The van der Waals surface area contributed by atoms with E-state index < -0.39 is 5.97 Å². The van der Waals surface area contributed by atoms with Crippen LogP contribution in [-0.4, -0.2) is 50.1 Å². The summed E-state index contributed by atoms with van der Waals surface area (Å²) in [6.07, 6.45) is 5.53. The molecule has 2 aromatic rings. The molecule has 1 saturated heterocycles. The monoisotopic (exact) mass is 343 g/mol. The number of nitrogens with zero attached hydrogens (tertiary/aromatic N) is 4. The normalized spacial score (nSPS) is 17.3. The second-order valence-corrected chi connectivity index (χ2v) is 6.24. The van der Waals surface area contributed by atoms with Crippen LogP contribution in [0.5, 0.6) is 0 Å². The molecule has 1 unspecified atom stereocenters. The minimum absolute atomic E-state index is 0.0920. The molecule has 0 bridgehead atoms.